The van der Waals surface area contributed by atoms with E-state index in [-0.39, 0.29) is 29.3 Å². The minimum absolute atomic E-state index is 0.0615. The van der Waals surface area contributed by atoms with Crippen LogP contribution in [0, 0.1) is 5.92 Å². The summed E-state index contributed by atoms with van der Waals surface area (Å²) in [7, 11) is 5.04. The first-order valence-electron chi connectivity index (χ1n) is 10.7. The molecule has 0 aliphatic heterocycles. The second-order valence-corrected chi connectivity index (χ2v) is 9.18. The van der Waals surface area contributed by atoms with Gasteiger partial charge in [0.25, 0.3) is 0 Å². The van der Waals surface area contributed by atoms with Crippen molar-refractivity contribution in [1.82, 2.24) is 5.32 Å². The number of carbonyl (C=O) groups excluding carboxylic acids is 2. The average Bonchev–Trinajstić information content (AvgIpc) is 2.75. The Hall–Kier alpha value is -0.200. The zero-order chi connectivity index (χ0) is 23.2. The van der Waals surface area contributed by atoms with Gasteiger partial charge < -0.3 is 29.0 Å². The van der Waals surface area contributed by atoms with Gasteiger partial charge in [-0.3, -0.25) is 9.59 Å². The lowest BCUT2D eigenvalue weighted by molar-refractivity contribution is -0.126. The molecule has 10 heteroatoms. The molecule has 0 aromatic heterocycles. The van der Waals surface area contributed by atoms with Gasteiger partial charge in [-0.1, -0.05) is 0 Å². The van der Waals surface area contributed by atoms with Crippen molar-refractivity contribution in [2.24, 2.45) is 5.92 Å². The fourth-order valence-corrected chi connectivity index (χ4v) is 4.30. The van der Waals surface area contributed by atoms with Crippen molar-refractivity contribution < 1.29 is 33.3 Å². The summed E-state index contributed by atoms with van der Waals surface area (Å²) in [4.78, 5) is 24.6. The van der Waals surface area contributed by atoms with E-state index in [9.17, 15) is 9.59 Å². The number of thioether (sulfide) groups is 2. The Labute approximate surface area is 196 Å². The van der Waals surface area contributed by atoms with E-state index in [1.165, 1.54) is 11.8 Å². The summed E-state index contributed by atoms with van der Waals surface area (Å²) in [5.41, 5.74) is 0. The Morgan fingerprint density at radius 3 is 1.90 bits per heavy atom. The molecule has 0 aliphatic rings. The molecule has 0 heterocycles. The van der Waals surface area contributed by atoms with Crippen molar-refractivity contribution >= 4 is 35.1 Å². The van der Waals surface area contributed by atoms with Gasteiger partial charge in [0.05, 0.1) is 52.9 Å². The lowest BCUT2D eigenvalue weighted by Crippen LogP contribution is -2.34. The SMILES string of the molecule is CN[C@@H](SCCOCCOC)C(=O)CC(CCSCCOCCOCCOC)C(C)=O. The van der Waals surface area contributed by atoms with Crippen LogP contribution < -0.4 is 5.32 Å². The Morgan fingerprint density at radius 2 is 1.35 bits per heavy atom. The first-order valence-corrected chi connectivity index (χ1v) is 12.9. The molecule has 0 rings (SSSR count). The van der Waals surface area contributed by atoms with Gasteiger partial charge in [-0.15, -0.1) is 11.8 Å². The molecule has 8 nitrogen and oxygen atoms in total. The molecule has 0 aromatic carbocycles. The highest BCUT2D eigenvalue weighted by molar-refractivity contribution is 8.00. The van der Waals surface area contributed by atoms with E-state index < -0.39 is 0 Å². The molecule has 184 valence electrons. The van der Waals surface area contributed by atoms with Crippen LogP contribution in [0.4, 0.5) is 0 Å². The molecule has 0 saturated carbocycles. The molecular weight excluding hydrogens is 442 g/mol. The lowest BCUT2D eigenvalue weighted by Gasteiger charge is -2.18. The van der Waals surface area contributed by atoms with Crippen LogP contribution in [0.3, 0.4) is 0 Å². The van der Waals surface area contributed by atoms with Crippen LogP contribution in [-0.2, 0) is 33.3 Å². The van der Waals surface area contributed by atoms with E-state index in [1.807, 2.05) is 0 Å². The van der Waals surface area contributed by atoms with Gasteiger partial charge in [-0.05, 0) is 26.1 Å². The fourth-order valence-electron chi connectivity index (χ4n) is 2.52. The minimum atomic E-state index is -0.319. The summed E-state index contributed by atoms with van der Waals surface area (Å²) in [6.45, 7) is 6.18. The van der Waals surface area contributed by atoms with Crippen molar-refractivity contribution in [2.75, 3.05) is 91.4 Å². The number of hydrogen-bond acceptors (Lipinski definition) is 10. The molecule has 0 amide bonds. The Morgan fingerprint density at radius 1 is 0.806 bits per heavy atom. The third-order valence-corrected chi connectivity index (χ3v) is 6.52. The molecule has 2 atom stereocenters. The van der Waals surface area contributed by atoms with Gasteiger partial charge in [-0.2, -0.15) is 11.8 Å². The maximum atomic E-state index is 12.6. The summed E-state index contributed by atoms with van der Waals surface area (Å²) >= 11 is 3.25. The molecule has 0 aromatic rings. The topological polar surface area (TPSA) is 92.3 Å². The van der Waals surface area contributed by atoms with Crippen LogP contribution >= 0.6 is 23.5 Å². The Balaban J connectivity index is 3.94. The van der Waals surface area contributed by atoms with Gasteiger partial charge in [0.15, 0.2) is 5.78 Å². The van der Waals surface area contributed by atoms with Gasteiger partial charge in [0, 0.05) is 38.1 Å². The van der Waals surface area contributed by atoms with Crippen LogP contribution in [0.2, 0.25) is 0 Å². The van der Waals surface area contributed by atoms with E-state index in [0.717, 1.165) is 11.5 Å². The molecule has 0 spiro atoms. The number of hydrogen-bond donors (Lipinski definition) is 1. The van der Waals surface area contributed by atoms with Gasteiger partial charge in [0.2, 0.25) is 0 Å². The van der Waals surface area contributed by atoms with E-state index in [2.05, 4.69) is 5.32 Å². The van der Waals surface area contributed by atoms with E-state index in [4.69, 9.17) is 23.7 Å². The second-order valence-electron chi connectivity index (χ2n) is 6.74. The molecule has 0 saturated heterocycles. The van der Waals surface area contributed by atoms with Crippen LogP contribution in [0.5, 0.6) is 0 Å². The molecule has 0 aliphatic carbocycles. The van der Waals surface area contributed by atoms with Crippen LogP contribution in [0.15, 0.2) is 0 Å². The summed E-state index contributed by atoms with van der Waals surface area (Å²) < 4.78 is 26.1. The highest BCUT2D eigenvalue weighted by atomic mass is 32.2. The normalized spacial score (nSPS) is 13.3. The maximum absolute atomic E-state index is 12.6. The van der Waals surface area contributed by atoms with E-state index in [0.29, 0.717) is 65.0 Å². The predicted molar refractivity (Wildman–Crippen MR) is 127 cm³/mol. The number of Topliss-reactive ketones (excluding diaryl/α,β-unsaturated/α-hetero) is 2. The number of carbonyl (C=O) groups is 2. The smallest absolute Gasteiger partial charge is 0.160 e. The molecular formula is C21H41NO7S2. The van der Waals surface area contributed by atoms with Gasteiger partial charge in [-0.25, -0.2) is 0 Å². The van der Waals surface area contributed by atoms with Crippen LogP contribution in [0.1, 0.15) is 19.8 Å². The first-order chi connectivity index (χ1) is 15.1. The highest BCUT2D eigenvalue weighted by Crippen LogP contribution is 2.19. The highest BCUT2D eigenvalue weighted by Gasteiger charge is 2.23. The number of ether oxygens (including phenoxy) is 5. The minimum Gasteiger partial charge on any atom is -0.382 e. The summed E-state index contributed by atoms with van der Waals surface area (Å²) in [6, 6.07) is 0. The summed E-state index contributed by atoms with van der Waals surface area (Å²) in [5.74, 6) is 2.29. The van der Waals surface area contributed by atoms with Crippen molar-refractivity contribution in [3.63, 3.8) is 0 Å². The third kappa shape index (κ3) is 19.0. The third-order valence-electron chi connectivity index (χ3n) is 4.31. The number of ketones is 2. The monoisotopic (exact) mass is 483 g/mol. The molecule has 1 unspecified atom stereocenters. The predicted octanol–water partition coefficient (Wildman–Crippen LogP) is 1.90. The fraction of sp³-hybridized carbons (Fsp3) is 0.905. The van der Waals surface area contributed by atoms with Crippen LogP contribution in [-0.4, -0.2) is 108 Å². The maximum Gasteiger partial charge on any atom is 0.160 e. The van der Waals surface area contributed by atoms with Crippen molar-refractivity contribution in [3.8, 4) is 0 Å². The zero-order valence-corrected chi connectivity index (χ0v) is 21.2. The number of rotatable bonds is 24. The first kappa shape index (κ1) is 30.8. The standard InChI is InChI=1S/C21H41NO7S2/c1-18(23)19(5-14-30-15-12-29-11-10-27-8-6-25-3)17-20(24)21(22-2)31-16-13-28-9-7-26-4/h19,21-22H,5-17H2,1-4H3/t19?,21-/m0/s1. The Bertz CT molecular complexity index is 444. The van der Waals surface area contributed by atoms with Crippen LogP contribution in [0.25, 0.3) is 0 Å². The van der Waals surface area contributed by atoms with Gasteiger partial charge >= 0.3 is 0 Å². The summed E-state index contributed by atoms with van der Waals surface area (Å²) in [6.07, 6.45) is 0.974. The quantitative estimate of drug-likeness (QED) is 0.162. The Kier molecular flexibility index (Phi) is 22.8. The van der Waals surface area contributed by atoms with E-state index in [1.54, 1.807) is 40.0 Å². The number of likely N-dealkylation sites (N-methyl/N-ethyl adjacent to an activating group) is 1. The molecule has 0 bridgehead atoms. The molecule has 1 N–H and O–H groups in total. The van der Waals surface area contributed by atoms with E-state index >= 15 is 0 Å². The molecule has 0 fully saturated rings. The summed E-state index contributed by atoms with van der Waals surface area (Å²) in [5, 5.41) is 2.72. The number of nitrogens with one attached hydrogen (secondary N) is 1. The number of methoxy groups -OCH3 is 2. The molecule has 0 radical (unpaired) electrons. The second kappa shape index (κ2) is 23.0. The van der Waals surface area contributed by atoms with Gasteiger partial charge in [0.1, 0.15) is 11.2 Å². The zero-order valence-electron chi connectivity index (χ0n) is 19.5. The molecule has 31 heavy (non-hydrogen) atoms. The van der Waals surface area contributed by atoms with Crippen molar-refractivity contribution in [2.45, 2.75) is 25.1 Å². The lowest BCUT2D eigenvalue weighted by atomic mass is 9.95. The largest absolute Gasteiger partial charge is 0.382 e. The van der Waals surface area contributed by atoms with Crippen molar-refractivity contribution in [1.29, 1.82) is 0 Å². The van der Waals surface area contributed by atoms with Crippen molar-refractivity contribution in [3.05, 3.63) is 0 Å². The average molecular weight is 484 g/mol.